The second kappa shape index (κ2) is 10.2. The molecular weight excluding hydrogens is 318 g/mol. The Morgan fingerprint density at radius 3 is 2.81 bits per heavy atom. The smallest absolute Gasteiger partial charge is 0.115 e. The van der Waals surface area contributed by atoms with Crippen LogP contribution in [0.4, 0.5) is 0 Å². The zero-order chi connectivity index (χ0) is 18.8. The molecule has 0 bridgehead atoms. The monoisotopic (exact) mass is 351 g/mol. The van der Waals surface area contributed by atoms with Crippen molar-refractivity contribution < 1.29 is 5.11 Å². The van der Waals surface area contributed by atoms with Crippen molar-refractivity contribution in [3.63, 3.8) is 0 Å². The zero-order valence-corrected chi connectivity index (χ0v) is 16.5. The molecule has 0 fully saturated rings. The number of nitrogens with zero attached hydrogens (tertiary/aromatic N) is 1. The van der Waals surface area contributed by atoms with Crippen LogP contribution in [0.3, 0.4) is 0 Å². The van der Waals surface area contributed by atoms with Crippen molar-refractivity contribution in [1.82, 2.24) is 0 Å². The minimum Gasteiger partial charge on any atom is -0.508 e. The van der Waals surface area contributed by atoms with Gasteiger partial charge in [-0.2, -0.15) is 0 Å². The predicted octanol–water partition coefficient (Wildman–Crippen LogP) is 7.15. The van der Waals surface area contributed by atoms with E-state index in [-0.39, 0.29) is 5.41 Å². The minimum atomic E-state index is -0.0728. The van der Waals surface area contributed by atoms with Gasteiger partial charge in [0.1, 0.15) is 5.76 Å². The maximum Gasteiger partial charge on any atom is 0.115 e. The third kappa shape index (κ3) is 5.45. The fraction of sp³-hybridized carbons (Fsp3) is 0.458. The van der Waals surface area contributed by atoms with Crippen molar-refractivity contribution in [2.45, 2.75) is 65.7 Å². The lowest BCUT2D eigenvalue weighted by atomic mass is 9.76. The van der Waals surface area contributed by atoms with E-state index in [9.17, 15) is 5.11 Å². The highest BCUT2D eigenvalue weighted by Crippen LogP contribution is 2.41. The van der Waals surface area contributed by atoms with Gasteiger partial charge in [-0.3, -0.25) is 4.99 Å². The van der Waals surface area contributed by atoms with E-state index in [1.165, 1.54) is 11.1 Å². The summed E-state index contributed by atoms with van der Waals surface area (Å²) in [5.74, 6) is 0.303. The summed E-state index contributed by atoms with van der Waals surface area (Å²) in [6.07, 6.45) is 26.2. The van der Waals surface area contributed by atoms with Crippen molar-refractivity contribution in [3.8, 4) is 0 Å². The topological polar surface area (TPSA) is 32.6 Å². The highest BCUT2D eigenvalue weighted by atomic mass is 16.3. The molecule has 0 saturated carbocycles. The van der Waals surface area contributed by atoms with Gasteiger partial charge in [-0.25, -0.2) is 0 Å². The molecule has 1 aliphatic carbocycles. The minimum absolute atomic E-state index is 0.0728. The van der Waals surface area contributed by atoms with Crippen LogP contribution in [-0.4, -0.2) is 11.3 Å². The van der Waals surface area contributed by atoms with Crippen LogP contribution in [0.25, 0.3) is 0 Å². The van der Waals surface area contributed by atoms with Crippen LogP contribution in [0, 0.1) is 5.41 Å². The standard InChI is InChI=1S/C24H33NO/c1-4-7-10-20(9-5-2)12-13-21-11-8-17-24(6-3)18-16-22(26)14-15-23(24)25-19-21/h7,9-11,14-16,18-19,26H,4-6,8,12-13,17H2,1-3H3/b10-7-,20-9+,21-11?,25-19?. The summed E-state index contributed by atoms with van der Waals surface area (Å²) >= 11 is 0. The van der Waals surface area contributed by atoms with Gasteiger partial charge in [0.05, 0.1) is 5.70 Å². The number of aliphatic hydroxyl groups excluding tert-OH is 1. The Kier molecular flexibility index (Phi) is 7.90. The normalized spacial score (nSPS) is 23.7. The number of aliphatic imine (C=N–C) groups is 1. The Balaban J connectivity index is 2.14. The first-order chi connectivity index (χ1) is 12.6. The van der Waals surface area contributed by atoms with Crippen LogP contribution in [0.5, 0.6) is 0 Å². The molecule has 140 valence electrons. The zero-order valence-electron chi connectivity index (χ0n) is 16.5. The van der Waals surface area contributed by atoms with Gasteiger partial charge < -0.3 is 5.11 Å². The van der Waals surface area contributed by atoms with Gasteiger partial charge in [0, 0.05) is 11.6 Å². The molecule has 2 aliphatic rings. The van der Waals surface area contributed by atoms with Crippen LogP contribution in [0.15, 0.2) is 76.2 Å². The third-order valence-electron chi connectivity index (χ3n) is 5.23. The van der Waals surface area contributed by atoms with Gasteiger partial charge in [-0.05, 0) is 68.7 Å². The highest BCUT2D eigenvalue weighted by Gasteiger charge is 2.30. The van der Waals surface area contributed by atoms with E-state index >= 15 is 0 Å². The van der Waals surface area contributed by atoms with E-state index in [0.717, 1.165) is 50.6 Å². The first-order valence-corrected chi connectivity index (χ1v) is 10.0. The van der Waals surface area contributed by atoms with Gasteiger partial charge in [-0.1, -0.05) is 56.7 Å². The first-order valence-electron chi connectivity index (χ1n) is 10.0. The Hall–Kier alpha value is -2.09. The first kappa shape index (κ1) is 20.2. The van der Waals surface area contributed by atoms with Crippen LogP contribution in [-0.2, 0) is 0 Å². The van der Waals surface area contributed by atoms with Crippen molar-refractivity contribution in [2.24, 2.45) is 10.4 Å². The van der Waals surface area contributed by atoms with Crippen molar-refractivity contribution in [3.05, 3.63) is 71.2 Å². The Bertz CT molecular complexity index is 685. The van der Waals surface area contributed by atoms with E-state index in [4.69, 9.17) is 4.99 Å². The molecule has 1 aliphatic heterocycles. The number of allylic oxidation sites excluding steroid dienone is 10. The summed E-state index contributed by atoms with van der Waals surface area (Å²) in [5, 5.41) is 9.86. The number of fused-ring (bicyclic) bond motifs is 1. The predicted molar refractivity (Wildman–Crippen MR) is 114 cm³/mol. The molecule has 0 amide bonds. The fourth-order valence-corrected chi connectivity index (χ4v) is 3.54. The van der Waals surface area contributed by atoms with Crippen LogP contribution in [0.2, 0.25) is 0 Å². The number of hydrogen-bond donors (Lipinski definition) is 1. The molecule has 0 aromatic carbocycles. The molecule has 2 heteroatoms. The van der Waals surface area contributed by atoms with Gasteiger partial charge in [-0.15, -0.1) is 0 Å². The molecule has 0 saturated heterocycles. The second-order valence-electron chi connectivity index (χ2n) is 7.06. The summed E-state index contributed by atoms with van der Waals surface area (Å²) in [7, 11) is 0. The lowest BCUT2D eigenvalue weighted by Gasteiger charge is -2.30. The van der Waals surface area contributed by atoms with Crippen LogP contribution < -0.4 is 0 Å². The maximum atomic E-state index is 9.86. The quantitative estimate of drug-likeness (QED) is 0.485. The van der Waals surface area contributed by atoms with Crippen molar-refractivity contribution >= 4 is 6.21 Å². The molecule has 0 radical (unpaired) electrons. The molecule has 0 aromatic heterocycles. The molecule has 1 N–H and O–H groups in total. The highest BCUT2D eigenvalue weighted by molar-refractivity contribution is 5.80. The van der Waals surface area contributed by atoms with Crippen molar-refractivity contribution in [2.75, 3.05) is 0 Å². The molecule has 0 aromatic rings. The molecule has 1 heterocycles. The molecule has 2 nitrogen and oxygen atoms in total. The Morgan fingerprint density at radius 1 is 1.23 bits per heavy atom. The summed E-state index contributed by atoms with van der Waals surface area (Å²) in [6, 6.07) is 0. The summed E-state index contributed by atoms with van der Waals surface area (Å²) in [5.41, 5.74) is 3.71. The van der Waals surface area contributed by atoms with Crippen LogP contribution in [0.1, 0.15) is 65.7 Å². The second-order valence-corrected chi connectivity index (χ2v) is 7.06. The van der Waals surface area contributed by atoms with Gasteiger partial charge in [0.25, 0.3) is 0 Å². The van der Waals surface area contributed by atoms with E-state index < -0.39 is 0 Å². The fourth-order valence-electron chi connectivity index (χ4n) is 3.54. The summed E-state index contributed by atoms with van der Waals surface area (Å²) in [6.45, 7) is 6.56. The number of hydrogen-bond acceptors (Lipinski definition) is 2. The summed E-state index contributed by atoms with van der Waals surface area (Å²) in [4.78, 5) is 4.83. The summed E-state index contributed by atoms with van der Waals surface area (Å²) < 4.78 is 0. The van der Waals surface area contributed by atoms with Crippen molar-refractivity contribution in [1.29, 1.82) is 0 Å². The average molecular weight is 352 g/mol. The maximum absolute atomic E-state index is 9.86. The molecule has 0 spiro atoms. The van der Waals surface area contributed by atoms with E-state index in [0.29, 0.717) is 5.76 Å². The Morgan fingerprint density at radius 2 is 2.08 bits per heavy atom. The van der Waals surface area contributed by atoms with E-state index in [2.05, 4.69) is 51.2 Å². The average Bonchev–Trinajstić information content (AvgIpc) is 2.78. The lowest BCUT2D eigenvalue weighted by molar-refractivity contribution is 0.400. The van der Waals surface area contributed by atoms with Gasteiger partial charge in [0.15, 0.2) is 0 Å². The molecule has 26 heavy (non-hydrogen) atoms. The Labute approximate surface area is 159 Å². The van der Waals surface area contributed by atoms with Crippen LogP contribution >= 0.6 is 0 Å². The third-order valence-corrected chi connectivity index (χ3v) is 5.23. The van der Waals surface area contributed by atoms with Gasteiger partial charge >= 0.3 is 0 Å². The number of aliphatic hydroxyl groups is 1. The molecule has 2 rings (SSSR count). The molecule has 1 atom stereocenters. The number of rotatable bonds is 7. The van der Waals surface area contributed by atoms with Gasteiger partial charge in [0.2, 0.25) is 0 Å². The lowest BCUT2D eigenvalue weighted by Crippen LogP contribution is -2.20. The SMILES string of the molecule is CC/C=C\C(=C/CC)CCC1=CCCC2(CC)C=CC(O)=CC=C2N=C1. The van der Waals surface area contributed by atoms with E-state index in [1.807, 2.05) is 18.4 Å². The van der Waals surface area contributed by atoms with E-state index in [1.54, 1.807) is 6.08 Å². The molecule has 1 unspecified atom stereocenters. The largest absolute Gasteiger partial charge is 0.508 e. The molecular formula is C24H33NO.